The van der Waals surface area contributed by atoms with Gasteiger partial charge in [0.05, 0.1) is 5.02 Å². The van der Waals surface area contributed by atoms with Gasteiger partial charge in [0.25, 0.3) is 0 Å². The van der Waals surface area contributed by atoms with Gasteiger partial charge in [-0.3, -0.25) is 4.79 Å². The molecule has 0 spiro atoms. The van der Waals surface area contributed by atoms with Gasteiger partial charge < -0.3 is 9.47 Å². The van der Waals surface area contributed by atoms with Crippen molar-refractivity contribution in [3.05, 3.63) is 58.1 Å². The summed E-state index contributed by atoms with van der Waals surface area (Å²) >= 11 is 6.18. The standard InChI is InChI=1S/C18H20ClO3P/c1-11-6-5-7-15(19)17(11)18(20)23-16-9-8-14(10-12(16)2)22-13(3)21-4/h5-10,13,23H,1-4H3. The smallest absolute Gasteiger partial charge is 0.196 e. The molecule has 23 heavy (non-hydrogen) atoms. The van der Waals surface area contributed by atoms with Crippen molar-refractivity contribution < 1.29 is 14.3 Å². The molecule has 0 fully saturated rings. The van der Waals surface area contributed by atoms with E-state index < -0.39 is 0 Å². The van der Waals surface area contributed by atoms with Crippen LogP contribution in [0.2, 0.25) is 5.02 Å². The first-order chi connectivity index (χ1) is 10.9. The zero-order valence-corrected chi connectivity index (χ0v) is 15.4. The van der Waals surface area contributed by atoms with Crippen molar-refractivity contribution in [1.82, 2.24) is 0 Å². The maximum absolute atomic E-state index is 12.6. The van der Waals surface area contributed by atoms with Crippen LogP contribution < -0.4 is 10.0 Å². The number of rotatable bonds is 6. The highest BCUT2D eigenvalue weighted by atomic mass is 35.5. The van der Waals surface area contributed by atoms with E-state index in [4.69, 9.17) is 21.1 Å². The zero-order chi connectivity index (χ0) is 17.0. The molecule has 2 unspecified atom stereocenters. The number of aryl methyl sites for hydroxylation is 2. The van der Waals surface area contributed by atoms with Gasteiger partial charge in [-0.25, -0.2) is 0 Å². The average molecular weight is 351 g/mol. The summed E-state index contributed by atoms with van der Waals surface area (Å²) in [5.74, 6) is 0.728. The second kappa shape index (κ2) is 7.92. The fourth-order valence-electron chi connectivity index (χ4n) is 2.19. The third-order valence-electron chi connectivity index (χ3n) is 3.53. The summed E-state index contributed by atoms with van der Waals surface area (Å²) in [5.41, 5.74) is 2.58. The largest absolute Gasteiger partial charge is 0.465 e. The molecule has 0 heterocycles. The Kier molecular flexibility index (Phi) is 6.17. The van der Waals surface area contributed by atoms with Crippen molar-refractivity contribution in [2.75, 3.05) is 7.11 Å². The molecule has 0 saturated heterocycles. The minimum atomic E-state index is -0.310. The summed E-state index contributed by atoms with van der Waals surface area (Å²) in [6, 6.07) is 11.2. The molecule has 122 valence electrons. The molecule has 0 aliphatic rings. The Morgan fingerprint density at radius 3 is 2.52 bits per heavy atom. The van der Waals surface area contributed by atoms with Crippen molar-refractivity contribution in [2.45, 2.75) is 27.1 Å². The van der Waals surface area contributed by atoms with E-state index in [2.05, 4.69) is 0 Å². The van der Waals surface area contributed by atoms with Crippen LogP contribution in [-0.2, 0) is 4.74 Å². The number of halogens is 1. The third-order valence-corrected chi connectivity index (χ3v) is 5.15. The first kappa shape index (κ1) is 17.9. The Labute approximate surface area is 143 Å². The SMILES string of the molecule is COC(C)Oc1ccc(PC(=O)c2c(C)cccc2Cl)c(C)c1. The van der Waals surface area contributed by atoms with Crippen LogP contribution in [0.4, 0.5) is 0 Å². The highest BCUT2D eigenvalue weighted by Crippen LogP contribution is 2.29. The lowest BCUT2D eigenvalue weighted by Gasteiger charge is -2.14. The van der Waals surface area contributed by atoms with Crippen molar-refractivity contribution in [2.24, 2.45) is 0 Å². The fourth-order valence-corrected chi connectivity index (χ4v) is 3.72. The van der Waals surface area contributed by atoms with E-state index in [1.54, 1.807) is 13.2 Å². The van der Waals surface area contributed by atoms with Crippen LogP contribution in [0.15, 0.2) is 36.4 Å². The van der Waals surface area contributed by atoms with Gasteiger partial charge in [-0.15, -0.1) is 0 Å². The Morgan fingerprint density at radius 1 is 1.17 bits per heavy atom. The minimum absolute atomic E-state index is 0.0297. The zero-order valence-electron chi connectivity index (χ0n) is 13.6. The molecule has 2 rings (SSSR count). The molecule has 0 aliphatic carbocycles. The number of hydrogen-bond donors (Lipinski definition) is 0. The summed E-state index contributed by atoms with van der Waals surface area (Å²) in [4.78, 5) is 12.6. The molecule has 0 radical (unpaired) electrons. The van der Waals surface area contributed by atoms with Crippen LogP contribution in [0.25, 0.3) is 0 Å². The average Bonchev–Trinajstić information content (AvgIpc) is 2.49. The van der Waals surface area contributed by atoms with E-state index in [1.807, 2.05) is 51.1 Å². The van der Waals surface area contributed by atoms with Gasteiger partial charge in [0, 0.05) is 12.7 Å². The summed E-state index contributed by atoms with van der Waals surface area (Å²) < 4.78 is 10.7. The second-order valence-electron chi connectivity index (χ2n) is 5.28. The summed E-state index contributed by atoms with van der Waals surface area (Å²) in [5, 5.41) is 1.50. The molecule has 3 nitrogen and oxygen atoms in total. The fraction of sp³-hybridized carbons (Fsp3) is 0.278. The van der Waals surface area contributed by atoms with Crippen LogP contribution >= 0.6 is 20.2 Å². The lowest BCUT2D eigenvalue weighted by atomic mass is 10.1. The van der Waals surface area contributed by atoms with E-state index in [-0.39, 0.29) is 20.4 Å². The predicted molar refractivity (Wildman–Crippen MR) is 96.7 cm³/mol. The molecule has 0 N–H and O–H groups in total. The highest BCUT2D eigenvalue weighted by Gasteiger charge is 2.15. The molecule has 2 aromatic rings. The van der Waals surface area contributed by atoms with Crippen molar-refractivity contribution in [3.8, 4) is 5.75 Å². The molecule has 0 saturated carbocycles. The lowest BCUT2D eigenvalue weighted by Crippen LogP contribution is -2.14. The summed E-state index contributed by atoms with van der Waals surface area (Å²) in [6.45, 7) is 5.70. The van der Waals surface area contributed by atoms with Crippen molar-refractivity contribution >= 4 is 31.0 Å². The van der Waals surface area contributed by atoms with Crippen LogP contribution in [0.5, 0.6) is 5.75 Å². The highest BCUT2D eigenvalue weighted by molar-refractivity contribution is 7.66. The number of carbonyl (C=O) groups excluding carboxylic acids is 1. The van der Waals surface area contributed by atoms with Gasteiger partial charge in [-0.1, -0.05) is 29.8 Å². The molecular weight excluding hydrogens is 331 g/mol. The monoisotopic (exact) mass is 350 g/mol. The summed E-state index contributed by atoms with van der Waals surface area (Å²) in [6.07, 6.45) is -0.310. The Hall–Kier alpha value is -1.41. The van der Waals surface area contributed by atoms with E-state index >= 15 is 0 Å². The third kappa shape index (κ3) is 4.54. The number of methoxy groups -OCH3 is 1. The van der Waals surface area contributed by atoms with Gasteiger partial charge in [-0.2, -0.15) is 0 Å². The van der Waals surface area contributed by atoms with E-state index in [1.165, 1.54) is 0 Å². The van der Waals surface area contributed by atoms with Gasteiger partial charge in [0.15, 0.2) is 11.8 Å². The normalized spacial score (nSPS) is 12.6. The number of ether oxygens (including phenoxy) is 2. The Bertz CT molecular complexity index is 695. The first-order valence-corrected chi connectivity index (χ1v) is 8.66. The molecule has 2 aromatic carbocycles. The maximum Gasteiger partial charge on any atom is 0.196 e. The Morgan fingerprint density at radius 2 is 1.91 bits per heavy atom. The van der Waals surface area contributed by atoms with Crippen LogP contribution in [0, 0.1) is 13.8 Å². The van der Waals surface area contributed by atoms with Gasteiger partial charge in [0.2, 0.25) is 0 Å². The van der Waals surface area contributed by atoms with Crippen molar-refractivity contribution in [1.29, 1.82) is 0 Å². The topological polar surface area (TPSA) is 35.5 Å². The van der Waals surface area contributed by atoms with Crippen LogP contribution in [0.1, 0.15) is 28.4 Å². The maximum atomic E-state index is 12.6. The van der Waals surface area contributed by atoms with E-state index in [9.17, 15) is 4.79 Å². The Balaban J connectivity index is 2.19. The van der Waals surface area contributed by atoms with Crippen LogP contribution in [-0.4, -0.2) is 18.9 Å². The molecule has 0 aromatic heterocycles. The van der Waals surface area contributed by atoms with Crippen LogP contribution in [0.3, 0.4) is 0 Å². The van der Waals surface area contributed by atoms with E-state index in [0.29, 0.717) is 10.6 Å². The number of benzene rings is 2. The molecule has 0 bridgehead atoms. The lowest BCUT2D eigenvalue weighted by molar-refractivity contribution is -0.0382. The summed E-state index contributed by atoms with van der Waals surface area (Å²) in [7, 11) is 1.62. The number of carbonyl (C=O) groups is 1. The molecular formula is C18H20ClO3P. The molecule has 2 atom stereocenters. The van der Waals surface area contributed by atoms with Gasteiger partial charge >= 0.3 is 0 Å². The minimum Gasteiger partial charge on any atom is -0.465 e. The number of hydrogen-bond acceptors (Lipinski definition) is 3. The molecule has 0 amide bonds. The van der Waals surface area contributed by atoms with Gasteiger partial charge in [-0.05, 0) is 64.0 Å². The van der Waals surface area contributed by atoms with E-state index in [0.717, 1.165) is 22.2 Å². The molecule has 0 aliphatic heterocycles. The van der Waals surface area contributed by atoms with Gasteiger partial charge in [0.1, 0.15) is 5.75 Å². The first-order valence-electron chi connectivity index (χ1n) is 7.29. The molecule has 5 heteroatoms. The quantitative estimate of drug-likeness (QED) is 0.569. The second-order valence-corrected chi connectivity index (χ2v) is 6.93. The predicted octanol–water partition coefficient (Wildman–Crippen LogP) is 4.47. The van der Waals surface area contributed by atoms with Crippen molar-refractivity contribution in [3.63, 3.8) is 0 Å².